The van der Waals surface area contributed by atoms with Crippen molar-refractivity contribution in [3.8, 4) is 0 Å². The summed E-state index contributed by atoms with van der Waals surface area (Å²) >= 11 is 0. The monoisotopic (exact) mass is 363 g/mol. The molecule has 18 heavy (non-hydrogen) atoms. The van der Waals surface area contributed by atoms with Crippen LogP contribution in [0.5, 0.6) is 0 Å². The zero-order chi connectivity index (χ0) is 12.1. The Kier molecular flexibility index (Phi) is 6.38. The molecule has 5 heteroatoms. The summed E-state index contributed by atoms with van der Waals surface area (Å²) in [7, 11) is 0. The van der Waals surface area contributed by atoms with Crippen LogP contribution in [-0.4, -0.2) is 23.9 Å². The van der Waals surface area contributed by atoms with E-state index < -0.39 is 0 Å². The average molecular weight is 363 g/mol. The van der Waals surface area contributed by atoms with E-state index in [0.717, 1.165) is 25.9 Å². The lowest BCUT2D eigenvalue weighted by Crippen LogP contribution is -2.40. The summed E-state index contributed by atoms with van der Waals surface area (Å²) in [5, 5.41) is 0. The largest absolute Gasteiger partial charge is 0.370 e. The summed E-state index contributed by atoms with van der Waals surface area (Å²) < 4.78 is 13.4. The standard InChI is InChI=1S/C13H18FN3.HI/c14-12-7-3-2-6-11(12)10-16-13(15)17-8-4-1-5-9-17;/h2-3,6-7H,1,4-5,8-10H2,(H2,15,16);1H. The first kappa shape index (κ1) is 15.2. The van der Waals surface area contributed by atoms with Gasteiger partial charge in [-0.3, -0.25) is 0 Å². The first-order valence-corrected chi connectivity index (χ1v) is 6.05. The molecular formula is C13H19FIN3. The number of halogens is 2. The third kappa shape index (κ3) is 4.12. The number of aliphatic imine (C=N–C) groups is 1. The van der Waals surface area contributed by atoms with Crippen LogP contribution in [-0.2, 0) is 6.54 Å². The molecule has 2 rings (SSSR count). The van der Waals surface area contributed by atoms with Crippen molar-refractivity contribution in [2.45, 2.75) is 25.8 Å². The van der Waals surface area contributed by atoms with Gasteiger partial charge in [-0.2, -0.15) is 0 Å². The molecule has 3 nitrogen and oxygen atoms in total. The van der Waals surface area contributed by atoms with E-state index in [1.54, 1.807) is 12.1 Å². The molecule has 1 aromatic carbocycles. The summed E-state index contributed by atoms with van der Waals surface area (Å²) in [5.41, 5.74) is 6.49. The first-order valence-electron chi connectivity index (χ1n) is 6.05. The van der Waals surface area contributed by atoms with Gasteiger partial charge in [-0.25, -0.2) is 9.38 Å². The van der Waals surface area contributed by atoms with E-state index >= 15 is 0 Å². The smallest absolute Gasteiger partial charge is 0.191 e. The zero-order valence-corrected chi connectivity index (χ0v) is 12.6. The van der Waals surface area contributed by atoms with Crippen LogP contribution >= 0.6 is 24.0 Å². The van der Waals surface area contributed by atoms with Gasteiger partial charge in [-0.15, -0.1) is 24.0 Å². The molecule has 100 valence electrons. The van der Waals surface area contributed by atoms with Crippen LogP contribution in [0.3, 0.4) is 0 Å². The van der Waals surface area contributed by atoms with Gasteiger partial charge in [0.15, 0.2) is 5.96 Å². The molecule has 0 radical (unpaired) electrons. The molecule has 1 heterocycles. The third-order valence-electron chi connectivity index (χ3n) is 3.05. The minimum Gasteiger partial charge on any atom is -0.370 e. The van der Waals surface area contributed by atoms with Crippen molar-refractivity contribution in [2.24, 2.45) is 10.7 Å². The van der Waals surface area contributed by atoms with Crippen molar-refractivity contribution in [1.29, 1.82) is 0 Å². The topological polar surface area (TPSA) is 41.6 Å². The van der Waals surface area contributed by atoms with Gasteiger partial charge in [0.2, 0.25) is 0 Å². The zero-order valence-electron chi connectivity index (χ0n) is 10.3. The molecule has 0 aliphatic carbocycles. The molecular weight excluding hydrogens is 344 g/mol. The van der Waals surface area contributed by atoms with Crippen LogP contribution in [0.2, 0.25) is 0 Å². The lowest BCUT2D eigenvalue weighted by Gasteiger charge is -2.27. The molecule has 0 bridgehead atoms. The Bertz CT molecular complexity index is 403. The van der Waals surface area contributed by atoms with Gasteiger partial charge in [0, 0.05) is 18.7 Å². The molecule has 0 aromatic heterocycles. The van der Waals surface area contributed by atoms with Gasteiger partial charge in [0.25, 0.3) is 0 Å². The lowest BCUT2D eigenvalue weighted by molar-refractivity contribution is 0.338. The van der Waals surface area contributed by atoms with E-state index in [0.29, 0.717) is 18.1 Å². The van der Waals surface area contributed by atoms with Crippen molar-refractivity contribution in [1.82, 2.24) is 4.90 Å². The van der Waals surface area contributed by atoms with E-state index in [2.05, 4.69) is 9.89 Å². The van der Waals surface area contributed by atoms with Gasteiger partial charge in [0.05, 0.1) is 6.54 Å². The van der Waals surface area contributed by atoms with E-state index in [1.807, 2.05) is 6.07 Å². The van der Waals surface area contributed by atoms with E-state index in [-0.39, 0.29) is 29.8 Å². The number of nitrogens with zero attached hydrogens (tertiary/aromatic N) is 2. The highest BCUT2D eigenvalue weighted by Gasteiger charge is 2.11. The maximum absolute atomic E-state index is 13.4. The van der Waals surface area contributed by atoms with Gasteiger partial charge >= 0.3 is 0 Å². The molecule has 0 atom stereocenters. The fourth-order valence-electron chi connectivity index (χ4n) is 2.02. The Hall–Kier alpha value is -0.850. The lowest BCUT2D eigenvalue weighted by atomic mass is 10.1. The third-order valence-corrected chi connectivity index (χ3v) is 3.05. The SMILES string of the molecule is I.NC(=NCc1ccccc1F)N1CCCCC1. The van der Waals surface area contributed by atoms with E-state index in [4.69, 9.17) is 5.73 Å². The summed E-state index contributed by atoms with van der Waals surface area (Å²) in [6, 6.07) is 6.67. The van der Waals surface area contributed by atoms with Crippen LogP contribution in [0, 0.1) is 5.82 Å². The highest BCUT2D eigenvalue weighted by Crippen LogP contribution is 2.10. The minimum absolute atomic E-state index is 0. The molecule has 1 aliphatic heterocycles. The second-order valence-electron chi connectivity index (χ2n) is 4.31. The molecule has 1 aromatic rings. The number of piperidine rings is 1. The number of nitrogens with two attached hydrogens (primary N) is 1. The molecule has 0 unspecified atom stereocenters. The molecule has 1 aliphatic rings. The van der Waals surface area contributed by atoms with Crippen LogP contribution < -0.4 is 5.73 Å². The molecule has 1 saturated heterocycles. The fourth-order valence-corrected chi connectivity index (χ4v) is 2.02. The summed E-state index contributed by atoms with van der Waals surface area (Å²) in [6.45, 7) is 2.24. The van der Waals surface area contributed by atoms with Crippen molar-refractivity contribution >= 4 is 29.9 Å². The number of rotatable bonds is 2. The van der Waals surface area contributed by atoms with E-state index in [9.17, 15) is 4.39 Å². The predicted octanol–water partition coefficient (Wildman–Crippen LogP) is 2.74. The Morgan fingerprint density at radius 1 is 1.22 bits per heavy atom. The quantitative estimate of drug-likeness (QED) is 0.499. The number of likely N-dealkylation sites (tertiary alicyclic amines) is 1. The van der Waals surface area contributed by atoms with Crippen molar-refractivity contribution < 1.29 is 4.39 Å². The Balaban J connectivity index is 0.00000162. The van der Waals surface area contributed by atoms with Crippen LogP contribution in [0.15, 0.2) is 29.3 Å². The fraction of sp³-hybridized carbons (Fsp3) is 0.462. The summed E-state index contributed by atoms with van der Waals surface area (Å²) in [5.74, 6) is 0.315. The Morgan fingerprint density at radius 2 is 1.89 bits per heavy atom. The van der Waals surface area contributed by atoms with Gasteiger partial charge in [-0.1, -0.05) is 18.2 Å². The van der Waals surface area contributed by atoms with Gasteiger partial charge in [0.1, 0.15) is 5.82 Å². The van der Waals surface area contributed by atoms with Crippen molar-refractivity contribution in [2.75, 3.05) is 13.1 Å². The average Bonchev–Trinajstić information content (AvgIpc) is 2.38. The molecule has 2 N–H and O–H groups in total. The minimum atomic E-state index is -0.220. The van der Waals surface area contributed by atoms with E-state index in [1.165, 1.54) is 12.5 Å². The maximum Gasteiger partial charge on any atom is 0.191 e. The second-order valence-corrected chi connectivity index (χ2v) is 4.31. The number of hydrogen-bond acceptors (Lipinski definition) is 1. The highest BCUT2D eigenvalue weighted by molar-refractivity contribution is 14.0. The van der Waals surface area contributed by atoms with Crippen LogP contribution in [0.4, 0.5) is 4.39 Å². The summed E-state index contributed by atoms with van der Waals surface area (Å²) in [4.78, 5) is 6.33. The molecule has 0 amide bonds. The van der Waals surface area contributed by atoms with Crippen molar-refractivity contribution in [3.05, 3.63) is 35.6 Å². The molecule has 0 saturated carbocycles. The summed E-state index contributed by atoms with van der Waals surface area (Å²) in [6.07, 6.45) is 3.59. The second kappa shape index (κ2) is 7.56. The maximum atomic E-state index is 13.4. The Morgan fingerprint density at radius 3 is 2.56 bits per heavy atom. The predicted molar refractivity (Wildman–Crippen MR) is 82.6 cm³/mol. The normalized spacial score (nSPS) is 16.3. The van der Waals surface area contributed by atoms with Crippen LogP contribution in [0.1, 0.15) is 24.8 Å². The first-order chi connectivity index (χ1) is 8.27. The number of hydrogen-bond donors (Lipinski definition) is 1. The molecule has 0 spiro atoms. The number of guanidine groups is 1. The van der Waals surface area contributed by atoms with Crippen LogP contribution in [0.25, 0.3) is 0 Å². The van der Waals surface area contributed by atoms with Gasteiger partial charge < -0.3 is 10.6 Å². The van der Waals surface area contributed by atoms with Gasteiger partial charge in [-0.05, 0) is 25.3 Å². The van der Waals surface area contributed by atoms with Crippen molar-refractivity contribution in [3.63, 3.8) is 0 Å². The highest BCUT2D eigenvalue weighted by atomic mass is 127. The molecule has 1 fully saturated rings. The number of benzene rings is 1. The Labute approximate surface area is 124 Å².